The SMILES string of the molecule is C[C@H](NCC1OCCO1)[C@@H]1CCCO1. The Morgan fingerprint density at radius 1 is 1.21 bits per heavy atom. The lowest BCUT2D eigenvalue weighted by Gasteiger charge is -2.21. The summed E-state index contributed by atoms with van der Waals surface area (Å²) in [5.41, 5.74) is 0. The third-order valence-corrected chi connectivity index (χ3v) is 2.82. The van der Waals surface area contributed by atoms with Gasteiger partial charge < -0.3 is 19.5 Å². The minimum atomic E-state index is -0.0566. The molecule has 0 unspecified atom stereocenters. The van der Waals surface area contributed by atoms with Crippen LogP contribution in [0.5, 0.6) is 0 Å². The predicted molar refractivity (Wildman–Crippen MR) is 52.1 cm³/mol. The molecule has 2 rings (SSSR count). The Bertz CT molecular complexity index is 165. The fraction of sp³-hybridized carbons (Fsp3) is 1.00. The summed E-state index contributed by atoms with van der Waals surface area (Å²) >= 11 is 0. The van der Waals surface area contributed by atoms with Gasteiger partial charge in [-0.2, -0.15) is 0 Å². The molecule has 0 spiro atoms. The van der Waals surface area contributed by atoms with Crippen molar-refractivity contribution in [2.75, 3.05) is 26.4 Å². The summed E-state index contributed by atoms with van der Waals surface area (Å²) in [5.74, 6) is 0. The maximum Gasteiger partial charge on any atom is 0.170 e. The zero-order valence-corrected chi connectivity index (χ0v) is 8.70. The van der Waals surface area contributed by atoms with Gasteiger partial charge in [0, 0.05) is 19.2 Å². The zero-order chi connectivity index (χ0) is 9.80. The molecule has 0 saturated carbocycles. The Morgan fingerprint density at radius 2 is 2.00 bits per heavy atom. The van der Waals surface area contributed by atoms with Crippen LogP contribution in [0.25, 0.3) is 0 Å². The van der Waals surface area contributed by atoms with E-state index in [4.69, 9.17) is 14.2 Å². The summed E-state index contributed by atoms with van der Waals surface area (Å²) in [4.78, 5) is 0. The fourth-order valence-corrected chi connectivity index (χ4v) is 1.94. The van der Waals surface area contributed by atoms with Crippen molar-refractivity contribution in [2.24, 2.45) is 0 Å². The van der Waals surface area contributed by atoms with Crippen LogP contribution in [0.2, 0.25) is 0 Å². The zero-order valence-electron chi connectivity index (χ0n) is 8.70. The van der Waals surface area contributed by atoms with Crippen molar-refractivity contribution in [3.05, 3.63) is 0 Å². The molecule has 2 atom stereocenters. The second kappa shape index (κ2) is 5.07. The van der Waals surface area contributed by atoms with E-state index < -0.39 is 0 Å². The van der Waals surface area contributed by atoms with E-state index in [1.54, 1.807) is 0 Å². The van der Waals surface area contributed by atoms with Crippen LogP contribution in [-0.2, 0) is 14.2 Å². The van der Waals surface area contributed by atoms with Crippen LogP contribution in [0.1, 0.15) is 19.8 Å². The minimum absolute atomic E-state index is 0.0566. The summed E-state index contributed by atoms with van der Waals surface area (Å²) in [6, 6.07) is 0.394. The molecule has 0 aromatic rings. The second-order valence-electron chi connectivity index (χ2n) is 3.92. The Hall–Kier alpha value is -0.160. The summed E-state index contributed by atoms with van der Waals surface area (Å²) in [6.07, 6.45) is 2.67. The van der Waals surface area contributed by atoms with Crippen LogP contribution in [0, 0.1) is 0 Å². The number of ether oxygens (including phenoxy) is 3. The molecule has 2 fully saturated rings. The highest BCUT2D eigenvalue weighted by Crippen LogP contribution is 2.15. The average Bonchev–Trinajstić information content (AvgIpc) is 2.87. The highest BCUT2D eigenvalue weighted by atomic mass is 16.7. The Kier molecular flexibility index (Phi) is 3.75. The Morgan fingerprint density at radius 3 is 2.64 bits per heavy atom. The lowest BCUT2D eigenvalue weighted by atomic mass is 10.1. The average molecular weight is 201 g/mol. The van der Waals surface area contributed by atoms with Crippen molar-refractivity contribution in [2.45, 2.75) is 38.2 Å². The molecule has 0 amide bonds. The summed E-state index contributed by atoms with van der Waals surface area (Å²) in [7, 11) is 0. The van der Waals surface area contributed by atoms with E-state index in [2.05, 4.69) is 12.2 Å². The second-order valence-corrected chi connectivity index (χ2v) is 3.92. The van der Waals surface area contributed by atoms with Gasteiger partial charge in [-0.1, -0.05) is 0 Å². The van der Waals surface area contributed by atoms with Gasteiger partial charge in [-0.15, -0.1) is 0 Å². The molecule has 2 aliphatic heterocycles. The maximum atomic E-state index is 5.59. The highest BCUT2D eigenvalue weighted by molar-refractivity contribution is 4.77. The van der Waals surface area contributed by atoms with Gasteiger partial charge in [-0.25, -0.2) is 0 Å². The molecule has 4 heteroatoms. The third kappa shape index (κ3) is 2.67. The van der Waals surface area contributed by atoms with Crippen molar-refractivity contribution >= 4 is 0 Å². The van der Waals surface area contributed by atoms with Crippen molar-refractivity contribution in [1.29, 1.82) is 0 Å². The largest absolute Gasteiger partial charge is 0.377 e. The van der Waals surface area contributed by atoms with Gasteiger partial charge in [-0.05, 0) is 19.8 Å². The van der Waals surface area contributed by atoms with E-state index in [1.165, 1.54) is 12.8 Å². The van der Waals surface area contributed by atoms with Gasteiger partial charge in [-0.3, -0.25) is 0 Å². The first-order valence-electron chi connectivity index (χ1n) is 5.44. The van der Waals surface area contributed by atoms with E-state index >= 15 is 0 Å². The molecule has 0 radical (unpaired) electrons. The molecular formula is C10H19NO3. The predicted octanol–water partition coefficient (Wildman–Crippen LogP) is 0.516. The fourth-order valence-electron chi connectivity index (χ4n) is 1.94. The van der Waals surface area contributed by atoms with Crippen LogP contribution >= 0.6 is 0 Å². The summed E-state index contributed by atoms with van der Waals surface area (Å²) in [5, 5.41) is 3.39. The number of hydrogen-bond acceptors (Lipinski definition) is 4. The smallest absolute Gasteiger partial charge is 0.170 e. The van der Waals surface area contributed by atoms with Gasteiger partial charge in [0.2, 0.25) is 0 Å². The topological polar surface area (TPSA) is 39.7 Å². The van der Waals surface area contributed by atoms with Crippen molar-refractivity contribution in [3.63, 3.8) is 0 Å². The maximum absolute atomic E-state index is 5.59. The first kappa shape index (κ1) is 10.4. The lowest BCUT2D eigenvalue weighted by molar-refractivity contribution is -0.0435. The highest BCUT2D eigenvalue weighted by Gasteiger charge is 2.23. The molecule has 14 heavy (non-hydrogen) atoms. The van der Waals surface area contributed by atoms with Gasteiger partial charge in [0.15, 0.2) is 6.29 Å². The van der Waals surface area contributed by atoms with E-state index in [0.717, 1.165) is 26.4 Å². The van der Waals surface area contributed by atoms with E-state index in [9.17, 15) is 0 Å². The summed E-state index contributed by atoms with van der Waals surface area (Å²) < 4.78 is 16.3. The molecule has 0 aliphatic carbocycles. The van der Waals surface area contributed by atoms with Crippen LogP contribution in [0.15, 0.2) is 0 Å². The van der Waals surface area contributed by atoms with Gasteiger partial charge >= 0.3 is 0 Å². The van der Waals surface area contributed by atoms with Gasteiger partial charge in [0.05, 0.1) is 19.3 Å². The molecule has 2 aliphatic rings. The molecule has 0 aromatic heterocycles. The van der Waals surface area contributed by atoms with Gasteiger partial charge in [0.25, 0.3) is 0 Å². The Balaban J connectivity index is 1.63. The van der Waals surface area contributed by atoms with Crippen LogP contribution in [0.3, 0.4) is 0 Å². The molecular weight excluding hydrogens is 182 g/mol. The minimum Gasteiger partial charge on any atom is -0.377 e. The molecule has 0 aromatic carbocycles. The summed E-state index contributed by atoms with van der Waals surface area (Å²) in [6.45, 7) is 5.28. The quantitative estimate of drug-likeness (QED) is 0.719. The van der Waals surface area contributed by atoms with Crippen LogP contribution < -0.4 is 5.32 Å². The van der Waals surface area contributed by atoms with E-state index in [1.807, 2.05) is 0 Å². The lowest BCUT2D eigenvalue weighted by Crippen LogP contribution is -2.41. The third-order valence-electron chi connectivity index (χ3n) is 2.82. The van der Waals surface area contributed by atoms with Crippen molar-refractivity contribution in [3.8, 4) is 0 Å². The molecule has 82 valence electrons. The van der Waals surface area contributed by atoms with E-state index in [0.29, 0.717) is 12.1 Å². The van der Waals surface area contributed by atoms with E-state index in [-0.39, 0.29) is 6.29 Å². The standard InChI is InChI=1S/C10H19NO3/c1-8(9-3-2-4-12-9)11-7-10-13-5-6-14-10/h8-11H,2-7H2,1H3/t8-,9-/m0/s1. The van der Waals surface area contributed by atoms with Gasteiger partial charge in [0.1, 0.15) is 0 Å². The number of nitrogens with one attached hydrogen (secondary N) is 1. The first-order chi connectivity index (χ1) is 6.86. The molecule has 4 nitrogen and oxygen atoms in total. The number of hydrogen-bond donors (Lipinski definition) is 1. The molecule has 1 N–H and O–H groups in total. The van der Waals surface area contributed by atoms with Crippen molar-refractivity contribution < 1.29 is 14.2 Å². The van der Waals surface area contributed by atoms with Crippen LogP contribution in [-0.4, -0.2) is 44.8 Å². The normalized spacial score (nSPS) is 31.1. The monoisotopic (exact) mass is 201 g/mol. The van der Waals surface area contributed by atoms with Crippen molar-refractivity contribution in [1.82, 2.24) is 5.32 Å². The number of rotatable bonds is 4. The molecule has 0 bridgehead atoms. The first-order valence-corrected chi connectivity index (χ1v) is 5.44. The molecule has 2 saturated heterocycles. The van der Waals surface area contributed by atoms with Crippen LogP contribution in [0.4, 0.5) is 0 Å². The Labute approximate surface area is 84.9 Å². The molecule has 2 heterocycles.